The summed E-state index contributed by atoms with van der Waals surface area (Å²) in [4.78, 5) is 41.4. The van der Waals surface area contributed by atoms with E-state index in [2.05, 4.69) is 272 Å². The van der Waals surface area contributed by atoms with Crippen LogP contribution >= 0.6 is 0 Å². The average Bonchev–Trinajstić information content (AvgIpc) is 1.09. The smallest absolute Gasteiger partial charge is 0.253 e. The minimum Gasteiger partial charge on any atom is -0.369 e. The molecule has 5 aliphatic heterocycles. The van der Waals surface area contributed by atoms with Gasteiger partial charge in [-0.15, -0.1) is 0 Å². The van der Waals surface area contributed by atoms with E-state index >= 15 is 0 Å². The van der Waals surface area contributed by atoms with Gasteiger partial charge in [-0.25, -0.2) is 4.98 Å². The summed E-state index contributed by atoms with van der Waals surface area (Å²) in [5.41, 5.74) is 10.0. The number of carbonyl (C=O) groups is 1. The van der Waals surface area contributed by atoms with Gasteiger partial charge in [0.15, 0.2) is 0 Å². The van der Waals surface area contributed by atoms with Crippen molar-refractivity contribution in [3.63, 3.8) is 0 Å². The van der Waals surface area contributed by atoms with E-state index in [-0.39, 0.29) is 40.4 Å². The first-order chi connectivity index (χ1) is 42.4. The quantitative estimate of drug-likeness (QED) is 0.135. The van der Waals surface area contributed by atoms with Gasteiger partial charge in [0.25, 0.3) is 5.91 Å². The zero-order valence-electron chi connectivity index (χ0n) is 61.1. The molecule has 9 rings (SSSR count). The molecule has 0 N–H and O–H groups in total. The van der Waals surface area contributed by atoms with Crippen molar-refractivity contribution in [2.45, 2.75) is 174 Å². The van der Waals surface area contributed by atoms with Crippen LogP contribution in [0.3, 0.4) is 0 Å². The van der Waals surface area contributed by atoms with Crippen molar-refractivity contribution < 1.29 is 4.79 Å². The molecule has 0 spiro atoms. The molecule has 5 saturated heterocycles. The van der Waals surface area contributed by atoms with Crippen molar-refractivity contribution in [2.24, 2.45) is 5.41 Å². The first-order valence-corrected chi connectivity index (χ1v) is 35.1. The Morgan fingerprint density at radius 1 is 0.385 bits per heavy atom. The highest BCUT2D eigenvalue weighted by atomic mass is 16.2. The molecule has 3 aromatic carbocycles. The van der Waals surface area contributed by atoms with Crippen molar-refractivity contribution in [3.8, 4) is 11.8 Å². The fourth-order valence-corrected chi connectivity index (χ4v) is 11.7. The number of anilines is 2. The molecule has 5 aliphatic rings. The lowest BCUT2D eigenvalue weighted by Gasteiger charge is -2.35. The summed E-state index contributed by atoms with van der Waals surface area (Å²) in [6.45, 7) is 74.7. The number of hydrogen-bond donors (Lipinski definition) is 0. The maximum Gasteiger partial charge on any atom is 0.253 e. The topological polar surface area (TPSA) is 62.4 Å². The molecule has 4 aromatic rings. The molecule has 1 aromatic heterocycles. The Labute approximate surface area is 559 Å². The van der Waals surface area contributed by atoms with Gasteiger partial charge in [0.1, 0.15) is 5.82 Å². The van der Waals surface area contributed by atoms with Gasteiger partial charge < -0.3 is 39.2 Å². The Kier molecular flexibility index (Phi) is 32.2. The van der Waals surface area contributed by atoms with Gasteiger partial charge in [0, 0.05) is 160 Å². The number of nitrogens with zero attached hydrogens (tertiary/aromatic N) is 11. The molecule has 0 bridgehead atoms. The highest BCUT2D eigenvalue weighted by molar-refractivity contribution is 5.94. The fourth-order valence-electron chi connectivity index (χ4n) is 11.7. The Bertz CT molecular complexity index is 2600. The molecule has 0 atom stereocenters. The standard InChI is InChI=1S/C17H26N2O.C17H28N2.C16H26N2.C15H25N3.C13H24N2.CH4/c1-5-18-10-12-19(13-11-18)16(20)14-6-8-15(9-7-14)17(2,3)4;1-5-18-10-12-19(13-11-18)14-15-6-8-16(9-7-15)17(2,3)4;1-5-17-10-12-18(13-11-17)15-8-6-14(7-9-15)16(2,3)4;1-5-17-8-10-18(11-9-17)14-7-6-13(12-16-14)15(2,3)4;1-5-14-9-11-15(12-10-14)8-6-7-13(2,3)4;/h6-9H,5,10-13H2,1-4H3;6-9H,5,10-14H2,1-4H3;6-9H,5,10-13H2,1-4H3;6-7,12H,5,8-11H2,1-4H3;5,8-12H2,1-4H3;1H4. The van der Waals surface area contributed by atoms with Crippen LogP contribution in [0.25, 0.3) is 0 Å². The van der Waals surface area contributed by atoms with Crippen LogP contribution in [0.1, 0.15) is 184 Å². The molecule has 0 saturated carbocycles. The Morgan fingerprint density at radius 3 is 1.08 bits per heavy atom. The lowest BCUT2D eigenvalue weighted by atomic mass is 9.86. The highest BCUT2D eigenvalue weighted by Gasteiger charge is 2.25. The monoisotopic (exact) mass is 1250 g/mol. The minimum absolute atomic E-state index is 0. The summed E-state index contributed by atoms with van der Waals surface area (Å²) in [5, 5.41) is 0. The van der Waals surface area contributed by atoms with Crippen molar-refractivity contribution in [3.05, 3.63) is 125 Å². The van der Waals surface area contributed by atoms with Gasteiger partial charge >= 0.3 is 0 Å². The lowest BCUT2D eigenvalue weighted by Crippen LogP contribution is -2.48. The number of amides is 1. The van der Waals surface area contributed by atoms with Crippen LogP contribution in [0.5, 0.6) is 0 Å². The van der Waals surface area contributed by atoms with E-state index in [1.54, 1.807) is 0 Å². The second-order valence-electron chi connectivity index (χ2n) is 30.8. The number of carbonyl (C=O) groups excluding carboxylic acids is 1. The number of benzene rings is 3. The summed E-state index contributed by atoms with van der Waals surface area (Å²) >= 11 is 0. The molecule has 510 valence electrons. The largest absolute Gasteiger partial charge is 0.369 e. The second-order valence-corrected chi connectivity index (χ2v) is 30.8. The predicted molar refractivity (Wildman–Crippen MR) is 395 cm³/mol. The van der Waals surface area contributed by atoms with Gasteiger partial charge in [-0.3, -0.25) is 14.6 Å². The van der Waals surface area contributed by atoms with E-state index in [0.717, 1.165) is 103 Å². The average molecular weight is 1250 g/mol. The van der Waals surface area contributed by atoms with Gasteiger partial charge in [-0.05, 0) is 133 Å². The van der Waals surface area contributed by atoms with Crippen LogP contribution in [-0.4, -0.2) is 220 Å². The molecule has 0 aliphatic carbocycles. The van der Waals surface area contributed by atoms with E-state index in [1.165, 1.54) is 119 Å². The molecule has 12 nitrogen and oxygen atoms in total. The number of pyridine rings is 1. The molecule has 5 fully saturated rings. The van der Waals surface area contributed by atoms with E-state index in [1.807, 2.05) is 23.2 Å². The Hall–Kier alpha value is -4.84. The SMILES string of the molecule is C.CCN1CCN(C(=O)c2ccc(C(C)(C)C)cc2)CC1.CCN1CCN(CC#CC(C)(C)C)CC1.CCN1CCN(Cc2ccc(C(C)(C)C)cc2)CC1.CCN1CCN(c2ccc(C(C)(C)C)cc2)CC1.CCN1CCN(c2ccc(C(C)(C)C)cn2)CC1. The molecule has 1 amide bonds. The van der Waals surface area contributed by atoms with E-state index in [0.29, 0.717) is 0 Å². The summed E-state index contributed by atoms with van der Waals surface area (Å²) in [5.74, 6) is 7.87. The fraction of sp³-hybridized carbons (Fsp3) is 0.671. The third-order valence-electron chi connectivity index (χ3n) is 18.6. The molecule has 0 unspecified atom stereocenters. The van der Waals surface area contributed by atoms with Crippen LogP contribution in [0.15, 0.2) is 91.1 Å². The van der Waals surface area contributed by atoms with Gasteiger partial charge in [0.05, 0.1) is 6.54 Å². The summed E-state index contributed by atoms with van der Waals surface area (Å²) in [6.07, 6.45) is 2.03. The zero-order chi connectivity index (χ0) is 66.3. The molecule has 91 heavy (non-hydrogen) atoms. The highest BCUT2D eigenvalue weighted by Crippen LogP contribution is 2.28. The third-order valence-corrected chi connectivity index (χ3v) is 18.6. The van der Waals surface area contributed by atoms with Crippen molar-refractivity contribution >= 4 is 17.4 Å². The molecule has 6 heterocycles. The Morgan fingerprint density at radius 2 is 0.714 bits per heavy atom. The maximum absolute atomic E-state index is 12.5. The minimum atomic E-state index is 0. The van der Waals surface area contributed by atoms with Crippen molar-refractivity contribution in [2.75, 3.05) is 180 Å². The lowest BCUT2D eigenvalue weighted by molar-refractivity contribution is 0.0643. The third kappa shape index (κ3) is 27.6. The normalized spacial score (nSPS) is 18.1. The van der Waals surface area contributed by atoms with Gasteiger partial charge in [-0.1, -0.05) is 192 Å². The summed E-state index contributed by atoms with van der Waals surface area (Å²) in [6, 6.07) is 30.8. The van der Waals surface area contributed by atoms with Crippen LogP contribution in [0, 0.1) is 17.3 Å². The Balaban J connectivity index is 0.000000243. The predicted octanol–water partition coefficient (Wildman–Crippen LogP) is 13.8. The number of likely N-dealkylation sites (N-methyl/N-ethyl adjacent to an activating group) is 5. The molecular formula is C79H133N11O. The van der Waals surface area contributed by atoms with Crippen LogP contribution in [0.2, 0.25) is 0 Å². The van der Waals surface area contributed by atoms with E-state index in [9.17, 15) is 4.79 Å². The molecule has 0 radical (unpaired) electrons. The molecular weight excluding hydrogens is 1120 g/mol. The first-order valence-electron chi connectivity index (χ1n) is 35.1. The van der Waals surface area contributed by atoms with Gasteiger partial charge in [-0.2, -0.15) is 0 Å². The van der Waals surface area contributed by atoms with Crippen molar-refractivity contribution in [1.82, 2.24) is 44.2 Å². The van der Waals surface area contributed by atoms with Gasteiger partial charge in [0.2, 0.25) is 0 Å². The number of rotatable bonds is 11. The first kappa shape index (κ1) is 78.6. The second kappa shape index (κ2) is 37.3. The van der Waals surface area contributed by atoms with E-state index < -0.39 is 0 Å². The number of aromatic nitrogens is 1. The zero-order valence-corrected chi connectivity index (χ0v) is 61.1. The van der Waals surface area contributed by atoms with Crippen LogP contribution in [0.4, 0.5) is 11.5 Å². The maximum atomic E-state index is 12.5. The summed E-state index contributed by atoms with van der Waals surface area (Å²) < 4.78 is 0. The number of piperazine rings is 5. The van der Waals surface area contributed by atoms with Crippen LogP contribution < -0.4 is 9.80 Å². The van der Waals surface area contributed by atoms with Crippen LogP contribution in [-0.2, 0) is 28.2 Å². The summed E-state index contributed by atoms with van der Waals surface area (Å²) in [7, 11) is 0. The van der Waals surface area contributed by atoms with Crippen molar-refractivity contribution in [1.29, 1.82) is 0 Å². The van der Waals surface area contributed by atoms with E-state index in [4.69, 9.17) is 0 Å². The number of hydrogen-bond acceptors (Lipinski definition) is 11. The molecule has 12 heteroatoms.